The quantitative estimate of drug-likeness (QED) is 0.780. The van der Waals surface area contributed by atoms with Gasteiger partial charge in [-0.2, -0.15) is 0 Å². The molecule has 144 valence electrons. The number of carbonyl (C=O) groups is 1. The number of nitrogens with one attached hydrogen (secondary N) is 2. The number of amides is 1. The van der Waals surface area contributed by atoms with Crippen LogP contribution >= 0.6 is 0 Å². The van der Waals surface area contributed by atoms with Crippen LogP contribution in [0.2, 0.25) is 0 Å². The van der Waals surface area contributed by atoms with E-state index < -0.39 is 0 Å². The normalized spacial score (nSPS) is 14.8. The van der Waals surface area contributed by atoms with Gasteiger partial charge in [0.05, 0.1) is 6.54 Å². The number of halogens is 1. The molecular formula is C22H28FN3O. The van der Waals surface area contributed by atoms with Gasteiger partial charge < -0.3 is 15.5 Å². The number of hydrogen-bond donors (Lipinski definition) is 2. The Morgan fingerprint density at radius 2 is 1.74 bits per heavy atom. The summed E-state index contributed by atoms with van der Waals surface area (Å²) in [7, 11) is 0. The lowest BCUT2D eigenvalue weighted by atomic mass is 9.99. The second kappa shape index (κ2) is 9.40. The summed E-state index contributed by atoms with van der Waals surface area (Å²) in [6.45, 7) is 5.33. The zero-order valence-corrected chi connectivity index (χ0v) is 15.9. The molecule has 0 aromatic heterocycles. The van der Waals surface area contributed by atoms with Gasteiger partial charge in [-0.3, -0.25) is 4.79 Å². The van der Waals surface area contributed by atoms with Crippen LogP contribution in [0, 0.1) is 11.7 Å². The van der Waals surface area contributed by atoms with Gasteiger partial charge in [-0.15, -0.1) is 0 Å². The van der Waals surface area contributed by atoms with E-state index in [-0.39, 0.29) is 18.3 Å². The molecule has 1 fully saturated rings. The molecule has 1 saturated heterocycles. The molecule has 0 atom stereocenters. The first-order valence-electron chi connectivity index (χ1n) is 9.70. The van der Waals surface area contributed by atoms with E-state index in [4.69, 9.17) is 0 Å². The molecule has 4 nitrogen and oxygen atoms in total. The van der Waals surface area contributed by atoms with Gasteiger partial charge in [0.15, 0.2) is 0 Å². The zero-order valence-electron chi connectivity index (χ0n) is 15.9. The third-order valence-corrected chi connectivity index (χ3v) is 5.12. The first-order valence-corrected chi connectivity index (χ1v) is 9.70. The molecule has 2 aromatic rings. The highest BCUT2D eigenvalue weighted by Crippen LogP contribution is 2.24. The van der Waals surface area contributed by atoms with Crippen molar-refractivity contribution in [1.82, 2.24) is 5.32 Å². The number of anilines is 2. The third-order valence-electron chi connectivity index (χ3n) is 5.12. The minimum Gasteiger partial charge on any atom is -0.376 e. The summed E-state index contributed by atoms with van der Waals surface area (Å²) in [5.74, 6) is 0.530. The summed E-state index contributed by atoms with van der Waals surface area (Å²) < 4.78 is 12.9. The minimum atomic E-state index is -0.243. The summed E-state index contributed by atoms with van der Waals surface area (Å²) in [5, 5.41) is 6.04. The van der Waals surface area contributed by atoms with Gasteiger partial charge in [-0.05, 0) is 67.1 Å². The Labute approximate surface area is 160 Å². The molecule has 1 amide bonds. The molecule has 1 aliphatic heterocycles. The molecule has 1 aliphatic rings. The maximum absolute atomic E-state index is 12.9. The van der Waals surface area contributed by atoms with Crippen LogP contribution in [0.1, 0.15) is 25.3 Å². The van der Waals surface area contributed by atoms with E-state index in [1.807, 2.05) is 12.1 Å². The highest BCUT2D eigenvalue weighted by atomic mass is 19.1. The minimum absolute atomic E-state index is 0.0498. The second-order valence-corrected chi connectivity index (χ2v) is 7.30. The Morgan fingerprint density at radius 1 is 1.07 bits per heavy atom. The lowest BCUT2D eigenvalue weighted by Crippen LogP contribution is -2.32. The van der Waals surface area contributed by atoms with E-state index >= 15 is 0 Å². The number of hydrogen-bond acceptors (Lipinski definition) is 3. The number of nitrogens with zero attached hydrogens (tertiary/aromatic N) is 1. The maximum atomic E-state index is 12.9. The Kier molecular flexibility index (Phi) is 6.69. The van der Waals surface area contributed by atoms with Gasteiger partial charge in [0.1, 0.15) is 5.82 Å². The Morgan fingerprint density at radius 3 is 2.41 bits per heavy atom. The number of carbonyl (C=O) groups excluding carboxylic acids is 1. The smallest absolute Gasteiger partial charge is 0.239 e. The average molecular weight is 369 g/mol. The van der Waals surface area contributed by atoms with Gasteiger partial charge in [0.25, 0.3) is 0 Å². The van der Waals surface area contributed by atoms with Crippen LogP contribution in [0.25, 0.3) is 0 Å². The van der Waals surface area contributed by atoms with Crippen molar-refractivity contribution < 1.29 is 9.18 Å². The van der Waals surface area contributed by atoms with Crippen molar-refractivity contribution in [2.75, 3.05) is 36.4 Å². The van der Waals surface area contributed by atoms with E-state index in [0.29, 0.717) is 13.0 Å². The Hall–Kier alpha value is -2.56. The fourth-order valence-electron chi connectivity index (χ4n) is 3.30. The van der Waals surface area contributed by atoms with Gasteiger partial charge in [0, 0.05) is 31.0 Å². The van der Waals surface area contributed by atoms with Gasteiger partial charge in [0.2, 0.25) is 5.91 Å². The summed E-state index contributed by atoms with van der Waals surface area (Å²) in [5.41, 5.74) is 3.20. The van der Waals surface area contributed by atoms with E-state index in [2.05, 4.69) is 34.6 Å². The summed E-state index contributed by atoms with van der Waals surface area (Å²) in [6, 6.07) is 14.6. The molecule has 0 bridgehead atoms. The molecule has 27 heavy (non-hydrogen) atoms. The maximum Gasteiger partial charge on any atom is 0.239 e. The molecule has 1 heterocycles. The van der Waals surface area contributed by atoms with E-state index in [0.717, 1.165) is 30.3 Å². The molecular weight excluding hydrogens is 341 g/mol. The fraction of sp³-hybridized carbons (Fsp3) is 0.409. The van der Waals surface area contributed by atoms with Crippen LogP contribution in [-0.2, 0) is 11.2 Å². The first-order chi connectivity index (χ1) is 13.1. The van der Waals surface area contributed by atoms with Crippen LogP contribution in [0.3, 0.4) is 0 Å². The molecule has 5 heteroatoms. The van der Waals surface area contributed by atoms with Crippen molar-refractivity contribution in [3.8, 4) is 0 Å². The van der Waals surface area contributed by atoms with Crippen molar-refractivity contribution in [2.45, 2.75) is 26.2 Å². The fourth-order valence-corrected chi connectivity index (χ4v) is 3.30. The van der Waals surface area contributed by atoms with E-state index in [1.54, 1.807) is 12.1 Å². The summed E-state index contributed by atoms with van der Waals surface area (Å²) in [4.78, 5) is 14.4. The molecule has 2 N–H and O–H groups in total. The standard InChI is InChI=1S/C22H28FN3O/c1-17-11-14-26(15-12-17)21-8-6-20(7-9-21)25-16-22(27)24-13-10-18-2-4-19(23)5-3-18/h2-9,17,25H,10-16H2,1H3,(H,24,27). The summed E-state index contributed by atoms with van der Waals surface area (Å²) in [6.07, 6.45) is 3.19. The number of benzene rings is 2. The lowest BCUT2D eigenvalue weighted by molar-refractivity contribution is -0.119. The topological polar surface area (TPSA) is 44.4 Å². The van der Waals surface area contributed by atoms with E-state index in [9.17, 15) is 9.18 Å². The Bertz CT molecular complexity index is 722. The van der Waals surface area contributed by atoms with Crippen molar-refractivity contribution in [1.29, 1.82) is 0 Å². The zero-order chi connectivity index (χ0) is 19.1. The molecule has 3 rings (SSSR count). The van der Waals surface area contributed by atoms with Crippen molar-refractivity contribution in [3.63, 3.8) is 0 Å². The average Bonchev–Trinajstić information content (AvgIpc) is 2.69. The summed E-state index contributed by atoms with van der Waals surface area (Å²) >= 11 is 0. The predicted octanol–water partition coefficient (Wildman–Crippen LogP) is 3.83. The SMILES string of the molecule is CC1CCN(c2ccc(NCC(=O)NCCc3ccc(F)cc3)cc2)CC1. The van der Waals surface area contributed by atoms with Crippen molar-refractivity contribution in [2.24, 2.45) is 5.92 Å². The number of piperidine rings is 1. The third kappa shape index (κ3) is 5.98. The van der Waals surface area contributed by atoms with Gasteiger partial charge in [-0.25, -0.2) is 4.39 Å². The van der Waals surface area contributed by atoms with Crippen LogP contribution in [0.5, 0.6) is 0 Å². The van der Waals surface area contributed by atoms with Crippen molar-refractivity contribution in [3.05, 3.63) is 59.9 Å². The number of rotatable bonds is 7. The highest BCUT2D eigenvalue weighted by molar-refractivity contribution is 5.80. The lowest BCUT2D eigenvalue weighted by Gasteiger charge is -2.32. The highest BCUT2D eigenvalue weighted by Gasteiger charge is 2.15. The molecule has 0 saturated carbocycles. The van der Waals surface area contributed by atoms with Crippen LogP contribution in [0.15, 0.2) is 48.5 Å². The molecule has 0 radical (unpaired) electrons. The van der Waals surface area contributed by atoms with Crippen LogP contribution < -0.4 is 15.5 Å². The predicted molar refractivity (Wildman–Crippen MR) is 109 cm³/mol. The Balaban J connectivity index is 1.37. The molecule has 2 aromatic carbocycles. The van der Waals surface area contributed by atoms with Crippen LogP contribution in [0.4, 0.5) is 15.8 Å². The largest absolute Gasteiger partial charge is 0.376 e. The van der Waals surface area contributed by atoms with Gasteiger partial charge in [-0.1, -0.05) is 19.1 Å². The van der Waals surface area contributed by atoms with Crippen molar-refractivity contribution >= 4 is 17.3 Å². The first kappa shape index (κ1) is 19.2. The van der Waals surface area contributed by atoms with Gasteiger partial charge >= 0.3 is 0 Å². The molecule has 0 spiro atoms. The monoisotopic (exact) mass is 369 g/mol. The van der Waals surface area contributed by atoms with Crippen LogP contribution in [-0.4, -0.2) is 32.1 Å². The second-order valence-electron chi connectivity index (χ2n) is 7.30. The van der Waals surface area contributed by atoms with E-state index in [1.165, 1.54) is 30.7 Å². The molecule has 0 aliphatic carbocycles. The molecule has 0 unspecified atom stereocenters.